The van der Waals surface area contributed by atoms with Gasteiger partial charge in [0.1, 0.15) is 5.75 Å². The van der Waals surface area contributed by atoms with Crippen molar-refractivity contribution >= 4 is 27.3 Å². The Hall–Kier alpha value is -1.62. The Morgan fingerprint density at radius 1 is 1.20 bits per heavy atom. The topological polar surface area (TPSA) is 34.1 Å². The fraction of sp³-hybridized carbons (Fsp3) is 0.267. The smallest absolute Gasteiger partial charge is 0.166 e. The molecular formula is C15H16BrFN2O. The van der Waals surface area contributed by atoms with Crippen LogP contribution in [0.4, 0.5) is 15.8 Å². The van der Waals surface area contributed by atoms with Gasteiger partial charge in [0.2, 0.25) is 0 Å². The minimum atomic E-state index is -0.399. The summed E-state index contributed by atoms with van der Waals surface area (Å²) in [4.78, 5) is 3.97. The Morgan fingerprint density at radius 3 is 2.55 bits per heavy atom. The minimum Gasteiger partial charge on any atom is -0.496 e. The van der Waals surface area contributed by atoms with Gasteiger partial charge in [-0.25, -0.2) is 4.39 Å². The third-order valence-corrected chi connectivity index (χ3v) is 4.21. The van der Waals surface area contributed by atoms with Crippen molar-refractivity contribution < 1.29 is 9.13 Å². The number of halogens is 2. The lowest BCUT2D eigenvalue weighted by molar-refractivity contribution is 0.412. The van der Waals surface area contributed by atoms with E-state index >= 15 is 0 Å². The van der Waals surface area contributed by atoms with Crippen molar-refractivity contribution in [3.63, 3.8) is 0 Å². The molecule has 0 aliphatic carbocycles. The van der Waals surface area contributed by atoms with E-state index in [1.165, 1.54) is 6.20 Å². The van der Waals surface area contributed by atoms with Crippen molar-refractivity contribution in [2.45, 2.75) is 20.8 Å². The van der Waals surface area contributed by atoms with Crippen LogP contribution in [0.1, 0.15) is 16.8 Å². The molecule has 5 heteroatoms. The molecule has 0 radical (unpaired) electrons. The second kappa shape index (κ2) is 5.79. The lowest BCUT2D eigenvalue weighted by Gasteiger charge is -2.17. The van der Waals surface area contributed by atoms with Crippen LogP contribution in [0.3, 0.4) is 0 Å². The number of aromatic nitrogens is 1. The quantitative estimate of drug-likeness (QED) is 0.883. The van der Waals surface area contributed by atoms with E-state index in [-0.39, 0.29) is 0 Å². The number of methoxy groups -OCH3 is 1. The Balaban J connectivity index is 2.53. The molecule has 0 spiro atoms. The zero-order valence-electron chi connectivity index (χ0n) is 11.8. The molecule has 0 bridgehead atoms. The van der Waals surface area contributed by atoms with Crippen molar-refractivity contribution in [2.24, 2.45) is 0 Å². The SMILES string of the molecule is COc1ccc(C)c(Nc2c(F)cnc(C)c2Br)c1C. The molecule has 20 heavy (non-hydrogen) atoms. The molecule has 1 heterocycles. The van der Waals surface area contributed by atoms with Gasteiger partial charge in [0.15, 0.2) is 5.82 Å². The first-order valence-corrected chi connectivity index (χ1v) is 6.96. The standard InChI is InChI=1S/C15H16BrFN2O/c1-8-5-6-12(20-4)9(2)14(8)19-15-11(17)7-18-10(3)13(15)16/h5-7H,1-4H3,(H,18,19). The van der Waals surface area contributed by atoms with E-state index in [0.717, 1.165) is 28.3 Å². The fourth-order valence-electron chi connectivity index (χ4n) is 2.04. The maximum atomic E-state index is 14.0. The molecule has 0 amide bonds. The Bertz CT molecular complexity index is 659. The van der Waals surface area contributed by atoms with E-state index < -0.39 is 5.82 Å². The van der Waals surface area contributed by atoms with Crippen LogP contribution in [0, 0.1) is 26.6 Å². The largest absolute Gasteiger partial charge is 0.496 e. The third-order valence-electron chi connectivity index (χ3n) is 3.24. The lowest BCUT2D eigenvalue weighted by Crippen LogP contribution is -2.02. The Labute approximate surface area is 126 Å². The molecule has 1 aromatic heterocycles. The first kappa shape index (κ1) is 14.8. The second-order valence-corrected chi connectivity index (χ2v) is 5.38. The number of rotatable bonds is 3. The van der Waals surface area contributed by atoms with Gasteiger partial charge in [0.25, 0.3) is 0 Å². The van der Waals surface area contributed by atoms with Crippen molar-refractivity contribution in [1.82, 2.24) is 4.98 Å². The maximum absolute atomic E-state index is 14.0. The van der Waals surface area contributed by atoms with Crippen LogP contribution >= 0.6 is 15.9 Å². The summed E-state index contributed by atoms with van der Waals surface area (Å²) >= 11 is 3.38. The van der Waals surface area contributed by atoms with Gasteiger partial charge in [0.05, 0.1) is 29.2 Å². The van der Waals surface area contributed by atoms with Gasteiger partial charge in [0, 0.05) is 11.3 Å². The monoisotopic (exact) mass is 338 g/mol. The molecule has 106 valence electrons. The van der Waals surface area contributed by atoms with Crippen LogP contribution in [0.25, 0.3) is 0 Å². The number of anilines is 2. The summed E-state index contributed by atoms with van der Waals surface area (Å²) in [7, 11) is 1.62. The second-order valence-electron chi connectivity index (χ2n) is 4.59. The van der Waals surface area contributed by atoms with Gasteiger partial charge in [-0.3, -0.25) is 4.98 Å². The van der Waals surface area contributed by atoms with E-state index in [9.17, 15) is 4.39 Å². The third kappa shape index (κ3) is 2.63. The maximum Gasteiger partial charge on any atom is 0.166 e. The van der Waals surface area contributed by atoms with E-state index in [2.05, 4.69) is 26.2 Å². The first-order valence-electron chi connectivity index (χ1n) is 6.17. The number of nitrogens with one attached hydrogen (secondary N) is 1. The summed E-state index contributed by atoms with van der Waals surface area (Å²) in [5, 5.41) is 3.15. The van der Waals surface area contributed by atoms with Crippen molar-refractivity contribution in [3.05, 3.63) is 45.4 Å². The fourth-order valence-corrected chi connectivity index (χ4v) is 2.43. The minimum absolute atomic E-state index is 0.386. The Morgan fingerprint density at radius 2 is 1.90 bits per heavy atom. The molecular weight excluding hydrogens is 323 g/mol. The van der Waals surface area contributed by atoms with E-state index in [4.69, 9.17) is 4.74 Å². The van der Waals surface area contributed by atoms with Gasteiger partial charge in [-0.15, -0.1) is 0 Å². The van der Waals surface area contributed by atoms with Crippen LogP contribution in [0.2, 0.25) is 0 Å². The molecule has 3 nitrogen and oxygen atoms in total. The predicted molar refractivity (Wildman–Crippen MR) is 82.4 cm³/mol. The number of pyridine rings is 1. The average Bonchev–Trinajstić information content (AvgIpc) is 2.42. The highest BCUT2D eigenvalue weighted by Gasteiger charge is 2.14. The van der Waals surface area contributed by atoms with Crippen LogP contribution in [0.15, 0.2) is 22.8 Å². The van der Waals surface area contributed by atoms with Crippen molar-refractivity contribution in [2.75, 3.05) is 12.4 Å². The number of hydrogen-bond acceptors (Lipinski definition) is 3. The molecule has 0 saturated carbocycles. The number of aryl methyl sites for hydroxylation is 2. The highest BCUT2D eigenvalue weighted by atomic mass is 79.9. The van der Waals surface area contributed by atoms with Crippen molar-refractivity contribution in [1.29, 1.82) is 0 Å². The average molecular weight is 339 g/mol. The molecule has 0 saturated heterocycles. The van der Waals surface area contributed by atoms with E-state index in [1.807, 2.05) is 32.9 Å². The summed E-state index contributed by atoms with van der Waals surface area (Å²) in [5.74, 6) is 0.365. The molecule has 0 aliphatic rings. The van der Waals surface area contributed by atoms with Crippen LogP contribution in [-0.2, 0) is 0 Å². The van der Waals surface area contributed by atoms with E-state index in [1.54, 1.807) is 7.11 Å². The normalized spacial score (nSPS) is 10.5. The van der Waals surface area contributed by atoms with Crippen molar-refractivity contribution in [3.8, 4) is 5.75 Å². The van der Waals surface area contributed by atoms with Gasteiger partial charge in [-0.1, -0.05) is 6.07 Å². The zero-order valence-corrected chi connectivity index (χ0v) is 13.4. The molecule has 2 rings (SSSR count). The summed E-state index contributed by atoms with van der Waals surface area (Å²) in [5.41, 5.74) is 3.91. The summed E-state index contributed by atoms with van der Waals surface area (Å²) in [6.07, 6.45) is 1.22. The number of hydrogen-bond donors (Lipinski definition) is 1. The zero-order chi connectivity index (χ0) is 14.9. The van der Waals surface area contributed by atoms with Gasteiger partial charge in [-0.2, -0.15) is 0 Å². The molecule has 0 unspecified atom stereocenters. The van der Waals surface area contributed by atoms with Gasteiger partial charge in [-0.05, 0) is 48.3 Å². The summed E-state index contributed by atoms with van der Waals surface area (Å²) in [6, 6.07) is 3.84. The number of benzene rings is 1. The van der Waals surface area contributed by atoms with Crippen LogP contribution in [0.5, 0.6) is 5.75 Å². The number of ether oxygens (including phenoxy) is 1. The molecule has 0 atom stereocenters. The highest BCUT2D eigenvalue weighted by molar-refractivity contribution is 9.10. The first-order chi connectivity index (χ1) is 9.45. The Kier molecular flexibility index (Phi) is 4.28. The highest BCUT2D eigenvalue weighted by Crippen LogP contribution is 2.35. The summed E-state index contributed by atoms with van der Waals surface area (Å²) < 4.78 is 19.9. The predicted octanol–water partition coefficient (Wildman–Crippen LogP) is 4.66. The van der Waals surface area contributed by atoms with Gasteiger partial charge >= 0.3 is 0 Å². The molecule has 0 aliphatic heterocycles. The lowest BCUT2D eigenvalue weighted by atomic mass is 10.1. The molecule has 0 fully saturated rings. The van der Waals surface area contributed by atoms with Gasteiger partial charge < -0.3 is 10.1 Å². The molecule has 1 aromatic carbocycles. The summed E-state index contributed by atoms with van der Waals surface area (Å²) in [6.45, 7) is 5.72. The number of nitrogens with zero attached hydrogens (tertiary/aromatic N) is 1. The van der Waals surface area contributed by atoms with Crippen LogP contribution in [-0.4, -0.2) is 12.1 Å². The van der Waals surface area contributed by atoms with Crippen LogP contribution < -0.4 is 10.1 Å². The molecule has 1 N–H and O–H groups in total. The molecule has 2 aromatic rings. The van der Waals surface area contributed by atoms with E-state index in [0.29, 0.717) is 10.2 Å².